The number of benzene rings is 1. The number of aromatic nitrogens is 3. The summed E-state index contributed by atoms with van der Waals surface area (Å²) >= 11 is 0. The Morgan fingerprint density at radius 3 is 2.74 bits per heavy atom. The van der Waals surface area contributed by atoms with E-state index in [1.54, 1.807) is 18.3 Å². The molecule has 14 heteroatoms. The molecule has 1 atom stereocenters. The molecule has 4 rings (SSSR count). The van der Waals surface area contributed by atoms with Crippen molar-refractivity contribution in [2.45, 2.75) is 31.8 Å². The summed E-state index contributed by atoms with van der Waals surface area (Å²) in [4.78, 5) is 50.5. The van der Waals surface area contributed by atoms with Crippen molar-refractivity contribution in [3.05, 3.63) is 41.2 Å². The Hall–Kier alpha value is -3.65. The van der Waals surface area contributed by atoms with Crippen LogP contribution in [0.25, 0.3) is 0 Å². The van der Waals surface area contributed by atoms with Crippen molar-refractivity contribution in [3.63, 3.8) is 0 Å². The number of anilines is 1. The molecule has 4 amide bonds. The van der Waals surface area contributed by atoms with E-state index in [0.29, 0.717) is 24.3 Å². The van der Waals surface area contributed by atoms with Crippen LogP contribution in [0.5, 0.6) is 0 Å². The number of hydrogen-bond acceptors (Lipinski definition) is 10. The lowest BCUT2D eigenvalue weighted by Gasteiger charge is -2.27. The van der Waals surface area contributed by atoms with Gasteiger partial charge in [0.25, 0.3) is 21.9 Å². The number of hydrogen-bond donors (Lipinski definition) is 2. The number of nitrogens with zero attached hydrogens (tertiary/aromatic N) is 4. The minimum Gasteiger partial charge on any atom is -0.384 e. The summed E-state index contributed by atoms with van der Waals surface area (Å²) in [5.41, 5.74) is 1.45. The maximum atomic E-state index is 13.1. The molecule has 0 bridgehead atoms. The SMILES string of the molecule is CS(=O)(=O)OCCn1cc(CCNc2cccc3c2C(=O)N(C2CCC(=O)NC2=O)C3=O)nn1. The van der Waals surface area contributed by atoms with Crippen LogP contribution < -0.4 is 10.6 Å². The summed E-state index contributed by atoms with van der Waals surface area (Å²) in [6.45, 7) is 0.525. The fourth-order valence-corrected chi connectivity index (χ4v) is 4.21. The molecule has 0 saturated carbocycles. The molecular weight excluding hydrogens is 468 g/mol. The third kappa shape index (κ3) is 4.97. The van der Waals surface area contributed by atoms with Gasteiger partial charge >= 0.3 is 0 Å². The normalized spacial score (nSPS) is 18.3. The first kappa shape index (κ1) is 23.5. The lowest BCUT2D eigenvalue weighted by atomic mass is 10.0. The number of fused-ring (bicyclic) bond motifs is 1. The lowest BCUT2D eigenvalue weighted by Crippen LogP contribution is -2.54. The van der Waals surface area contributed by atoms with Gasteiger partial charge in [-0.05, 0) is 18.6 Å². The maximum absolute atomic E-state index is 13.1. The van der Waals surface area contributed by atoms with Crippen molar-refractivity contribution in [3.8, 4) is 0 Å². The zero-order chi connectivity index (χ0) is 24.5. The summed E-state index contributed by atoms with van der Waals surface area (Å²) in [7, 11) is -3.53. The van der Waals surface area contributed by atoms with Gasteiger partial charge in [0.1, 0.15) is 6.04 Å². The number of nitrogens with one attached hydrogen (secondary N) is 2. The first-order valence-corrected chi connectivity index (χ1v) is 12.3. The summed E-state index contributed by atoms with van der Waals surface area (Å²) in [5.74, 6) is -2.25. The minimum atomic E-state index is -3.53. The largest absolute Gasteiger partial charge is 0.384 e. The molecule has 0 radical (unpaired) electrons. The molecule has 2 aliphatic rings. The maximum Gasteiger partial charge on any atom is 0.264 e. The second-order valence-corrected chi connectivity index (χ2v) is 9.50. The van der Waals surface area contributed by atoms with Crippen LogP contribution in [-0.2, 0) is 36.9 Å². The molecule has 0 aliphatic carbocycles. The molecule has 1 aromatic carbocycles. The van der Waals surface area contributed by atoms with Crippen LogP contribution in [-0.4, -0.2) is 77.4 Å². The van der Waals surface area contributed by atoms with E-state index in [-0.39, 0.29) is 37.1 Å². The Bertz CT molecular complexity index is 1270. The van der Waals surface area contributed by atoms with Gasteiger partial charge in [0.2, 0.25) is 11.8 Å². The number of piperidine rings is 1. The highest BCUT2D eigenvalue weighted by Gasteiger charge is 2.45. The first-order valence-electron chi connectivity index (χ1n) is 10.5. The van der Waals surface area contributed by atoms with Gasteiger partial charge in [0.15, 0.2) is 0 Å². The van der Waals surface area contributed by atoms with Crippen molar-refractivity contribution in [1.29, 1.82) is 0 Å². The summed E-state index contributed by atoms with van der Waals surface area (Å²) in [6, 6.07) is 3.80. The van der Waals surface area contributed by atoms with Gasteiger partial charge in [-0.15, -0.1) is 5.10 Å². The fraction of sp³-hybridized carbons (Fsp3) is 0.400. The molecule has 1 fully saturated rings. The quantitative estimate of drug-likeness (QED) is 0.339. The van der Waals surface area contributed by atoms with Crippen LogP contribution in [0.15, 0.2) is 24.4 Å². The van der Waals surface area contributed by atoms with Crippen LogP contribution in [0.3, 0.4) is 0 Å². The second-order valence-electron chi connectivity index (χ2n) is 7.85. The Morgan fingerprint density at radius 1 is 1.21 bits per heavy atom. The van der Waals surface area contributed by atoms with Crippen molar-refractivity contribution in [2.75, 3.05) is 24.7 Å². The van der Waals surface area contributed by atoms with Crippen molar-refractivity contribution in [1.82, 2.24) is 25.2 Å². The molecule has 1 saturated heterocycles. The molecule has 1 unspecified atom stereocenters. The third-order valence-electron chi connectivity index (χ3n) is 5.37. The molecule has 1 aromatic heterocycles. The summed E-state index contributed by atoms with van der Waals surface area (Å²) in [6.07, 6.45) is 3.20. The highest BCUT2D eigenvalue weighted by atomic mass is 32.2. The van der Waals surface area contributed by atoms with Crippen LogP contribution in [0.4, 0.5) is 5.69 Å². The summed E-state index contributed by atoms with van der Waals surface area (Å²) in [5, 5.41) is 13.2. The molecule has 2 N–H and O–H groups in total. The van der Waals surface area contributed by atoms with E-state index in [9.17, 15) is 27.6 Å². The fourth-order valence-electron chi connectivity index (χ4n) is 3.83. The summed E-state index contributed by atoms with van der Waals surface area (Å²) < 4.78 is 28.2. The smallest absolute Gasteiger partial charge is 0.264 e. The number of imide groups is 2. The van der Waals surface area contributed by atoms with Crippen LogP contribution in [0.1, 0.15) is 39.3 Å². The van der Waals surface area contributed by atoms with Crippen LogP contribution in [0.2, 0.25) is 0 Å². The molecule has 2 aromatic rings. The van der Waals surface area contributed by atoms with E-state index in [1.807, 2.05) is 0 Å². The Kier molecular flexibility index (Phi) is 6.43. The van der Waals surface area contributed by atoms with E-state index in [1.165, 1.54) is 10.7 Å². The molecular formula is C20H22N6O7S. The van der Waals surface area contributed by atoms with Crippen molar-refractivity contribution in [2.24, 2.45) is 0 Å². The Balaban J connectivity index is 1.39. The predicted octanol–water partition coefficient (Wildman–Crippen LogP) is -0.690. The number of carbonyl (C=O) groups excluding carboxylic acids is 4. The number of carbonyl (C=O) groups is 4. The minimum absolute atomic E-state index is 0.0516. The number of amides is 4. The second kappa shape index (κ2) is 9.30. The molecule has 34 heavy (non-hydrogen) atoms. The van der Waals surface area contributed by atoms with Gasteiger partial charge in [0, 0.05) is 31.3 Å². The highest BCUT2D eigenvalue weighted by molar-refractivity contribution is 7.85. The number of rotatable bonds is 9. The monoisotopic (exact) mass is 490 g/mol. The van der Waals surface area contributed by atoms with Crippen LogP contribution >= 0.6 is 0 Å². The van der Waals surface area contributed by atoms with Gasteiger partial charge in [-0.3, -0.25) is 33.6 Å². The van der Waals surface area contributed by atoms with E-state index < -0.39 is 39.8 Å². The van der Waals surface area contributed by atoms with E-state index >= 15 is 0 Å². The Morgan fingerprint density at radius 2 is 2.00 bits per heavy atom. The van der Waals surface area contributed by atoms with Gasteiger partial charge in [0.05, 0.1) is 36.2 Å². The molecule has 180 valence electrons. The zero-order valence-electron chi connectivity index (χ0n) is 18.2. The molecule has 3 heterocycles. The molecule has 2 aliphatic heterocycles. The van der Waals surface area contributed by atoms with Crippen molar-refractivity contribution < 1.29 is 31.8 Å². The first-order chi connectivity index (χ1) is 16.1. The van der Waals surface area contributed by atoms with Gasteiger partial charge < -0.3 is 5.32 Å². The van der Waals surface area contributed by atoms with E-state index in [0.717, 1.165) is 11.2 Å². The molecule has 13 nitrogen and oxygen atoms in total. The zero-order valence-corrected chi connectivity index (χ0v) is 19.0. The Labute approximate surface area is 194 Å². The highest BCUT2D eigenvalue weighted by Crippen LogP contribution is 2.32. The van der Waals surface area contributed by atoms with Gasteiger partial charge in [-0.1, -0.05) is 11.3 Å². The molecule has 0 spiro atoms. The lowest BCUT2D eigenvalue weighted by molar-refractivity contribution is -0.136. The van der Waals surface area contributed by atoms with Gasteiger partial charge in [-0.25, -0.2) is 4.68 Å². The predicted molar refractivity (Wildman–Crippen MR) is 116 cm³/mol. The van der Waals surface area contributed by atoms with Crippen molar-refractivity contribution >= 4 is 39.4 Å². The average Bonchev–Trinajstić information content (AvgIpc) is 3.31. The topological polar surface area (TPSA) is 170 Å². The van der Waals surface area contributed by atoms with Crippen LogP contribution in [0, 0.1) is 0 Å². The van der Waals surface area contributed by atoms with Gasteiger partial charge in [-0.2, -0.15) is 8.42 Å². The third-order valence-corrected chi connectivity index (χ3v) is 5.96. The van der Waals surface area contributed by atoms with E-state index in [4.69, 9.17) is 0 Å². The van der Waals surface area contributed by atoms with E-state index in [2.05, 4.69) is 25.1 Å². The standard InChI is InChI=1S/C20H22N6O7S/c1-34(31,32)33-10-9-25-11-12(23-24-25)7-8-21-14-4-2-3-13-17(14)20(30)26(19(13)29)15-5-6-16(27)22-18(15)28/h2-4,11,15,21H,5-10H2,1H3,(H,22,27,28). The average molecular weight is 490 g/mol.